The summed E-state index contributed by atoms with van der Waals surface area (Å²) in [5.41, 5.74) is 0.0217. The van der Waals surface area contributed by atoms with E-state index in [4.69, 9.17) is 32.7 Å². The van der Waals surface area contributed by atoms with Crippen LogP contribution in [0.15, 0.2) is 36.4 Å². The number of nitrogens with one attached hydrogen (secondary N) is 1. The van der Waals surface area contributed by atoms with Gasteiger partial charge in [-0.3, -0.25) is 14.9 Å². The molecule has 0 aliphatic rings. The lowest BCUT2D eigenvalue weighted by Crippen LogP contribution is -2.30. The van der Waals surface area contributed by atoms with Gasteiger partial charge in [0, 0.05) is 6.07 Å². The number of esters is 1. The van der Waals surface area contributed by atoms with Gasteiger partial charge < -0.3 is 14.8 Å². The number of nitrogens with zero attached hydrogens (tertiary/aromatic N) is 1. The van der Waals surface area contributed by atoms with Crippen LogP contribution in [0.5, 0.6) is 5.75 Å². The molecule has 0 aromatic heterocycles. The van der Waals surface area contributed by atoms with Crippen molar-refractivity contribution in [2.45, 2.75) is 13.0 Å². The third-order valence-electron chi connectivity index (χ3n) is 3.48. The summed E-state index contributed by atoms with van der Waals surface area (Å²) in [5, 5.41) is 13.5. The van der Waals surface area contributed by atoms with E-state index in [1.54, 1.807) is 0 Å². The molecule has 0 unspecified atom stereocenters. The van der Waals surface area contributed by atoms with Crippen LogP contribution in [0.3, 0.4) is 0 Å². The molecule has 10 heteroatoms. The highest BCUT2D eigenvalue weighted by atomic mass is 35.5. The van der Waals surface area contributed by atoms with E-state index < -0.39 is 22.9 Å². The molecular weight excluding hydrogens is 399 g/mol. The summed E-state index contributed by atoms with van der Waals surface area (Å²) >= 11 is 11.8. The van der Waals surface area contributed by atoms with Gasteiger partial charge in [-0.2, -0.15) is 0 Å². The van der Waals surface area contributed by atoms with Crippen molar-refractivity contribution in [2.24, 2.45) is 0 Å². The molecule has 1 amide bonds. The summed E-state index contributed by atoms with van der Waals surface area (Å²) in [6.07, 6.45) is -1.17. The largest absolute Gasteiger partial charge is 0.494 e. The SMILES string of the molecule is COc1cc([N+](=O)[O-])ccc1NC(=O)[C@H](C)OC(=O)c1cccc(Cl)c1Cl. The van der Waals surface area contributed by atoms with Gasteiger partial charge in [0.15, 0.2) is 6.10 Å². The standard InChI is InChI=1S/C17H14Cl2N2O6/c1-9(27-17(23)11-4-3-5-12(18)15(11)19)16(22)20-13-7-6-10(21(24)25)8-14(13)26-2/h3-9H,1-2H3,(H,20,22)/t9-/m0/s1. The number of benzene rings is 2. The van der Waals surface area contributed by atoms with Gasteiger partial charge in [-0.25, -0.2) is 4.79 Å². The smallest absolute Gasteiger partial charge is 0.340 e. The second kappa shape index (κ2) is 8.70. The Morgan fingerprint density at radius 1 is 1.22 bits per heavy atom. The molecule has 0 fully saturated rings. The molecular formula is C17H14Cl2N2O6. The molecule has 1 N–H and O–H groups in total. The zero-order valence-corrected chi connectivity index (χ0v) is 15.7. The lowest BCUT2D eigenvalue weighted by molar-refractivity contribution is -0.384. The summed E-state index contributed by atoms with van der Waals surface area (Å²) < 4.78 is 10.1. The van der Waals surface area contributed by atoms with E-state index in [-0.39, 0.29) is 32.7 Å². The van der Waals surface area contributed by atoms with Crippen molar-refractivity contribution >= 4 is 46.5 Å². The van der Waals surface area contributed by atoms with Gasteiger partial charge in [-0.1, -0.05) is 29.3 Å². The number of methoxy groups -OCH3 is 1. The summed E-state index contributed by atoms with van der Waals surface area (Å²) in [5.74, 6) is -1.39. The second-order valence-corrected chi connectivity index (χ2v) is 6.07. The molecule has 2 aromatic rings. The monoisotopic (exact) mass is 412 g/mol. The summed E-state index contributed by atoms with van der Waals surface area (Å²) in [7, 11) is 1.30. The number of nitro benzene ring substituents is 1. The van der Waals surface area contributed by atoms with Crippen LogP contribution in [-0.4, -0.2) is 30.0 Å². The van der Waals surface area contributed by atoms with Gasteiger partial charge in [0.2, 0.25) is 0 Å². The number of non-ortho nitro benzene ring substituents is 1. The van der Waals surface area contributed by atoms with Gasteiger partial charge in [-0.05, 0) is 25.1 Å². The molecule has 0 radical (unpaired) electrons. The molecule has 8 nitrogen and oxygen atoms in total. The molecule has 142 valence electrons. The van der Waals surface area contributed by atoms with Crippen LogP contribution in [0.25, 0.3) is 0 Å². The van der Waals surface area contributed by atoms with Crippen molar-refractivity contribution in [3.05, 3.63) is 62.1 Å². The van der Waals surface area contributed by atoms with Crippen molar-refractivity contribution in [3.63, 3.8) is 0 Å². The Balaban J connectivity index is 2.11. The number of hydrogen-bond acceptors (Lipinski definition) is 6. The first-order valence-electron chi connectivity index (χ1n) is 7.53. The Bertz CT molecular complexity index is 903. The highest BCUT2D eigenvalue weighted by Gasteiger charge is 2.23. The van der Waals surface area contributed by atoms with Crippen LogP contribution in [0.2, 0.25) is 10.0 Å². The molecule has 0 aliphatic heterocycles. The first-order valence-corrected chi connectivity index (χ1v) is 8.28. The quantitative estimate of drug-likeness (QED) is 0.434. The fourth-order valence-electron chi connectivity index (χ4n) is 2.07. The zero-order valence-electron chi connectivity index (χ0n) is 14.2. The normalized spacial score (nSPS) is 11.4. The van der Waals surface area contributed by atoms with Crippen LogP contribution in [0.1, 0.15) is 17.3 Å². The Morgan fingerprint density at radius 2 is 1.93 bits per heavy atom. The Hall–Kier alpha value is -2.84. The summed E-state index contributed by atoms with van der Waals surface area (Å²) in [4.78, 5) is 34.7. The number of carbonyl (C=O) groups excluding carboxylic acids is 2. The highest BCUT2D eigenvalue weighted by molar-refractivity contribution is 6.43. The van der Waals surface area contributed by atoms with Crippen LogP contribution in [0.4, 0.5) is 11.4 Å². The predicted molar refractivity (Wildman–Crippen MR) is 99.6 cm³/mol. The average Bonchev–Trinajstić information content (AvgIpc) is 2.63. The van der Waals surface area contributed by atoms with Crippen LogP contribution >= 0.6 is 23.2 Å². The van der Waals surface area contributed by atoms with Gasteiger partial charge in [0.25, 0.3) is 11.6 Å². The Morgan fingerprint density at radius 3 is 2.56 bits per heavy atom. The van der Waals surface area contributed by atoms with Gasteiger partial charge in [0.05, 0.1) is 39.4 Å². The van der Waals surface area contributed by atoms with Crippen molar-refractivity contribution in [1.29, 1.82) is 0 Å². The molecule has 2 rings (SSSR count). The molecule has 0 bridgehead atoms. The Kier molecular flexibility index (Phi) is 6.59. The fourth-order valence-corrected chi connectivity index (χ4v) is 2.45. The van der Waals surface area contributed by atoms with Crippen molar-refractivity contribution in [3.8, 4) is 5.75 Å². The first-order chi connectivity index (χ1) is 12.7. The maximum atomic E-state index is 12.3. The molecule has 27 heavy (non-hydrogen) atoms. The number of hydrogen-bond donors (Lipinski definition) is 1. The van der Waals surface area contributed by atoms with Gasteiger partial charge in [0.1, 0.15) is 5.75 Å². The fraction of sp³-hybridized carbons (Fsp3) is 0.176. The average molecular weight is 413 g/mol. The van der Waals surface area contributed by atoms with Crippen molar-refractivity contribution < 1.29 is 24.0 Å². The number of rotatable bonds is 6. The maximum Gasteiger partial charge on any atom is 0.340 e. The lowest BCUT2D eigenvalue weighted by Gasteiger charge is -2.15. The topological polar surface area (TPSA) is 108 Å². The summed E-state index contributed by atoms with van der Waals surface area (Å²) in [6, 6.07) is 8.14. The maximum absolute atomic E-state index is 12.3. The van der Waals surface area contributed by atoms with Crippen molar-refractivity contribution in [2.75, 3.05) is 12.4 Å². The molecule has 0 spiro atoms. The molecule has 1 atom stereocenters. The van der Waals surface area contributed by atoms with E-state index in [0.29, 0.717) is 0 Å². The van der Waals surface area contributed by atoms with E-state index >= 15 is 0 Å². The Labute approximate surface area is 164 Å². The molecule has 0 saturated heterocycles. The third-order valence-corrected chi connectivity index (χ3v) is 4.30. The number of halogens is 2. The first kappa shape index (κ1) is 20.5. The summed E-state index contributed by atoms with van der Waals surface area (Å²) in [6.45, 7) is 1.36. The third kappa shape index (κ3) is 4.87. The van der Waals surface area contributed by atoms with E-state index in [1.165, 1.54) is 44.4 Å². The molecule has 0 aliphatic carbocycles. The number of anilines is 1. The highest BCUT2D eigenvalue weighted by Crippen LogP contribution is 2.29. The molecule has 0 saturated carbocycles. The van der Waals surface area contributed by atoms with E-state index in [9.17, 15) is 19.7 Å². The van der Waals surface area contributed by atoms with E-state index in [1.807, 2.05) is 0 Å². The number of nitro groups is 1. The zero-order chi connectivity index (χ0) is 20.1. The minimum Gasteiger partial charge on any atom is -0.494 e. The van der Waals surface area contributed by atoms with Crippen molar-refractivity contribution in [1.82, 2.24) is 0 Å². The van der Waals surface area contributed by atoms with Crippen LogP contribution in [0, 0.1) is 10.1 Å². The molecule has 0 heterocycles. The van der Waals surface area contributed by atoms with Crippen LogP contribution < -0.4 is 10.1 Å². The van der Waals surface area contributed by atoms with Gasteiger partial charge in [-0.15, -0.1) is 0 Å². The molecule has 2 aromatic carbocycles. The van der Waals surface area contributed by atoms with Gasteiger partial charge >= 0.3 is 5.97 Å². The number of carbonyl (C=O) groups is 2. The van der Waals surface area contributed by atoms with E-state index in [2.05, 4.69) is 5.32 Å². The number of amides is 1. The minimum absolute atomic E-state index is 0.0220. The van der Waals surface area contributed by atoms with E-state index in [0.717, 1.165) is 6.07 Å². The second-order valence-electron chi connectivity index (χ2n) is 5.28. The number of ether oxygens (including phenoxy) is 2. The minimum atomic E-state index is -1.17. The predicted octanol–water partition coefficient (Wildman–Crippen LogP) is 4.09. The van der Waals surface area contributed by atoms with Crippen LogP contribution in [-0.2, 0) is 9.53 Å². The lowest BCUT2D eigenvalue weighted by atomic mass is 10.2.